The van der Waals surface area contributed by atoms with E-state index >= 15 is 0 Å². The van der Waals surface area contributed by atoms with Crippen LogP contribution in [0.1, 0.15) is 33.8 Å². The van der Waals surface area contributed by atoms with Crippen LogP contribution in [-0.4, -0.2) is 42.0 Å². The predicted octanol–water partition coefficient (Wildman–Crippen LogP) is 3.87. The van der Waals surface area contributed by atoms with E-state index in [1.54, 1.807) is 6.92 Å². The van der Waals surface area contributed by atoms with Crippen LogP contribution in [0.5, 0.6) is 0 Å². The highest BCUT2D eigenvalue weighted by Crippen LogP contribution is 2.35. The lowest BCUT2D eigenvalue weighted by molar-refractivity contribution is -0.140. The van der Waals surface area contributed by atoms with E-state index in [0.717, 1.165) is 30.2 Å². The molecule has 25 heavy (non-hydrogen) atoms. The minimum Gasteiger partial charge on any atom is -0.334 e. The predicted molar refractivity (Wildman–Crippen MR) is 94.6 cm³/mol. The number of hydrogen-bond acceptors (Lipinski definition) is 4. The largest absolute Gasteiger partial charge is 0.433 e. The van der Waals surface area contributed by atoms with Gasteiger partial charge >= 0.3 is 6.18 Å². The van der Waals surface area contributed by atoms with E-state index in [1.165, 1.54) is 6.07 Å². The summed E-state index contributed by atoms with van der Waals surface area (Å²) in [6.45, 7) is 3.16. The van der Waals surface area contributed by atoms with Gasteiger partial charge in [0.25, 0.3) is 5.91 Å². The van der Waals surface area contributed by atoms with E-state index in [1.807, 2.05) is 11.9 Å². The Morgan fingerprint density at radius 3 is 2.80 bits per heavy atom. The molecule has 1 N–H and O–H groups in total. The average Bonchev–Trinajstić information content (AvgIpc) is 3.11. The van der Waals surface area contributed by atoms with Crippen LogP contribution >= 0.6 is 23.7 Å². The molecule has 1 atom stereocenters. The maximum absolute atomic E-state index is 12.9. The van der Waals surface area contributed by atoms with E-state index < -0.39 is 11.9 Å². The third-order valence-corrected chi connectivity index (χ3v) is 5.56. The Bertz CT molecular complexity index is 778. The molecule has 2 aromatic rings. The summed E-state index contributed by atoms with van der Waals surface area (Å²) < 4.78 is 38.5. The first kappa shape index (κ1) is 19.9. The summed E-state index contributed by atoms with van der Waals surface area (Å²) in [5, 5.41) is 3.70. The number of aryl methyl sites for hydroxylation is 1. The molecule has 1 saturated heterocycles. The smallest absolute Gasteiger partial charge is 0.334 e. The number of amides is 1. The first-order valence-corrected chi connectivity index (χ1v) is 8.57. The molecule has 0 spiro atoms. The van der Waals surface area contributed by atoms with Crippen LogP contribution in [-0.2, 0) is 6.18 Å². The quantitative estimate of drug-likeness (QED) is 0.861. The van der Waals surface area contributed by atoms with E-state index in [0.29, 0.717) is 28.9 Å². The summed E-state index contributed by atoms with van der Waals surface area (Å²) in [5.74, 6) is -0.109. The number of rotatable bonds is 3. The summed E-state index contributed by atoms with van der Waals surface area (Å²) in [7, 11) is 1.84. The SMILES string of the molecule is CNCC1CCCN1C(=O)c1sc2nc(C(F)(F)F)ccc2c1C.Cl. The number of aromatic nitrogens is 1. The van der Waals surface area contributed by atoms with Gasteiger partial charge in [0, 0.05) is 24.5 Å². The number of thiophene rings is 1. The molecule has 0 bridgehead atoms. The molecule has 0 saturated carbocycles. The van der Waals surface area contributed by atoms with Crippen molar-refractivity contribution in [3.05, 3.63) is 28.3 Å². The topological polar surface area (TPSA) is 45.2 Å². The number of carbonyl (C=O) groups is 1. The van der Waals surface area contributed by atoms with Gasteiger partial charge in [-0.2, -0.15) is 13.2 Å². The molecular formula is C16H19ClF3N3OS. The lowest BCUT2D eigenvalue weighted by Crippen LogP contribution is -2.40. The average molecular weight is 394 g/mol. The van der Waals surface area contributed by atoms with Gasteiger partial charge < -0.3 is 10.2 Å². The van der Waals surface area contributed by atoms with Crippen molar-refractivity contribution >= 4 is 39.9 Å². The zero-order valence-electron chi connectivity index (χ0n) is 13.8. The first-order chi connectivity index (χ1) is 11.3. The van der Waals surface area contributed by atoms with Gasteiger partial charge in [-0.25, -0.2) is 4.98 Å². The van der Waals surface area contributed by atoms with Crippen LogP contribution in [0.3, 0.4) is 0 Å². The van der Waals surface area contributed by atoms with Crippen molar-refractivity contribution in [2.24, 2.45) is 0 Å². The summed E-state index contributed by atoms with van der Waals surface area (Å²) >= 11 is 1.05. The Hall–Kier alpha value is -1.38. The number of nitrogens with one attached hydrogen (secondary N) is 1. The zero-order valence-corrected chi connectivity index (χ0v) is 15.4. The van der Waals surface area contributed by atoms with Gasteiger partial charge in [0.05, 0.1) is 4.88 Å². The zero-order chi connectivity index (χ0) is 17.5. The molecular weight excluding hydrogens is 375 g/mol. The van der Waals surface area contributed by atoms with Gasteiger partial charge in [-0.05, 0) is 44.5 Å². The molecule has 3 rings (SSSR count). The fraction of sp³-hybridized carbons (Fsp3) is 0.500. The third-order valence-electron chi connectivity index (χ3n) is 4.37. The molecule has 1 aliphatic heterocycles. The molecule has 2 aromatic heterocycles. The fourth-order valence-corrected chi connectivity index (χ4v) is 4.28. The number of halogens is 4. The summed E-state index contributed by atoms with van der Waals surface area (Å²) in [6.07, 6.45) is -2.60. The lowest BCUT2D eigenvalue weighted by Gasteiger charge is -2.24. The molecule has 138 valence electrons. The van der Waals surface area contributed by atoms with Gasteiger partial charge in [0.15, 0.2) is 0 Å². The van der Waals surface area contributed by atoms with Crippen molar-refractivity contribution in [1.29, 1.82) is 0 Å². The number of hydrogen-bond donors (Lipinski definition) is 1. The van der Waals surface area contributed by atoms with Crippen molar-refractivity contribution < 1.29 is 18.0 Å². The van der Waals surface area contributed by atoms with Crippen LogP contribution in [0.15, 0.2) is 12.1 Å². The van der Waals surface area contributed by atoms with E-state index in [2.05, 4.69) is 10.3 Å². The standard InChI is InChI=1S/C16H18F3N3OS.ClH/c1-9-11-5-6-12(16(17,18)19)21-14(11)24-13(9)15(23)22-7-3-4-10(22)8-20-2;/h5-6,10,20H,3-4,7-8H2,1-2H3;1H. The third kappa shape index (κ3) is 3.75. The highest BCUT2D eigenvalue weighted by molar-refractivity contribution is 7.20. The van der Waals surface area contributed by atoms with Gasteiger partial charge in [-0.3, -0.25) is 4.79 Å². The summed E-state index contributed by atoms with van der Waals surface area (Å²) in [5.41, 5.74) is -0.221. The molecule has 0 aliphatic carbocycles. The number of alkyl halides is 3. The van der Waals surface area contributed by atoms with E-state index in [9.17, 15) is 18.0 Å². The van der Waals surface area contributed by atoms with E-state index in [4.69, 9.17) is 0 Å². The molecule has 3 heterocycles. The number of likely N-dealkylation sites (tertiary alicyclic amines) is 1. The van der Waals surface area contributed by atoms with Crippen LogP contribution in [0, 0.1) is 6.92 Å². The Balaban J connectivity index is 0.00000225. The van der Waals surface area contributed by atoms with E-state index in [-0.39, 0.29) is 29.2 Å². The number of fused-ring (bicyclic) bond motifs is 1. The molecule has 4 nitrogen and oxygen atoms in total. The van der Waals surface area contributed by atoms with Gasteiger partial charge in [-0.1, -0.05) is 0 Å². The van der Waals surface area contributed by atoms with Crippen LogP contribution < -0.4 is 5.32 Å². The highest BCUT2D eigenvalue weighted by Gasteiger charge is 2.34. The number of carbonyl (C=O) groups excluding carboxylic acids is 1. The van der Waals surface area contributed by atoms with Crippen molar-refractivity contribution in [2.75, 3.05) is 20.1 Å². The fourth-order valence-electron chi connectivity index (χ4n) is 3.14. The minimum atomic E-state index is -4.48. The second-order valence-electron chi connectivity index (χ2n) is 5.96. The maximum atomic E-state index is 12.9. The number of likely N-dealkylation sites (N-methyl/N-ethyl adjacent to an activating group) is 1. The normalized spacial score (nSPS) is 17.8. The van der Waals surface area contributed by atoms with Gasteiger partial charge in [0.2, 0.25) is 0 Å². The molecule has 1 unspecified atom stereocenters. The Morgan fingerprint density at radius 2 is 2.16 bits per heavy atom. The molecule has 1 fully saturated rings. The number of pyridine rings is 1. The van der Waals surface area contributed by atoms with Gasteiger partial charge in [-0.15, -0.1) is 23.7 Å². The monoisotopic (exact) mass is 393 g/mol. The first-order valence-electron chi connectivity index (χ1n) is 7.76. The highest BCUT2D eigenvalue weighted by atomic mass is 35.5. The lowest BCUT2D eigenvalue weighted by atomic mass is 10.1. The van der Waals surface area contributed by atoms with Crippen molar-refractivity contribution in [3.63, 3.8) is 0 Å². The molecule has 1 aliphatic rings. The second-order valence-corrected chi connectivity index (χ2v) is 6.95. The molecule has 0 radical (unpaired) electrons. The summed E-state index contributed by atoms with van der Waals surface area (Å²) in [4.78, 5) is 19.1. The Labute approximate surface area is 153 Å². The van der Waals surface area contributed by atoms with Crippen LogP contribution in [0.4, 0.5) is 13.2 Å². The van der Waals surface area contributed by atoms with Crippen LogP contribution in [0.2, 0.25) is 0 Å². The molecule has 1 amide bonds. The second kappa shape index (κ2) is 7.47. The Morgan fingerprint density at radius 1 is 1.44 bits per heavy atom. The van der Waals surface area contributed by atoms with Gasteiger partial charge in [0.1, 0.15) is 10.5 Å². The van der Waals surface area contributed by atoms with Crippen molar-refractivity contribution in [1.82, 2.24) is 15.2 Å². The van der Waals surface area contributed by atoms with Crippen molar-refractivity contribution in [3.8, 4) is 0 Å². The molecule has 9 heteroatoms. The molecule has 0 aromatic carbocycles. The van der Waals surface area contributed by atoms with Crippen molar-refractivity contribution in [2.45, 2.75) is 32.0 Å². The maximum Gasteiger partial charge on any atom is 0.433 e. The summed E-state index contributed by atoms with van der Waals surface area (Å²) in [6, 6.07) is 2.50. The van der Waals surface area contributed by atoms with Crippen LogP contribution in [0.25, 0.3) is 10.2 Å². The Kier molecular flexibility index (Phi) is 5.96. The minimum absolute atomic E-state index is 0. The number of nitrogens with zero attached hydrogens (tertiary/aromatic N) is 2.